The van der Waals surface area contributed by atoms with Gasteiger partial charge >= 0.3 is 0 Å². The Hall–Kier alpha value is -0.870. The molecule has 1 saturated carbocycles. The molecule has 0 spiro atoms. The molecular weight excluding hydrogens is 226 g/mol. The van der Waals surface area contributed by atoms with Crippen molar-refractivity contribution in [2.24, 2.45) is 0 Å². The van der Waals surface area contributed by atoms with Crippen LogP contribution in [0.3, 0.4) is 0 Å². The molecule has 1 atom stereocenters. The van der Waals surface area contributed by atoms with Gasteiger partial charge < -0.3 is 14.6 Å². The second kappa shape index (κ2) is 5.41. The Morgan fingerprint density at radius 1 is 1.44 bits per heavy atom. The zero-order valence-corrected chi connectivity index (χ0v) is 11.1. The molecule has 1 aliphatic heterocycles. The third-order valence-electron chi connectivity index (χ3n) is 4.23. The van der Waals surface area contributed by atoms with Gasteiger partial charge in [0.1, 0.15) is 0 Å². The Bertz CT molecular complexity index is 378. The van der Waals surface area contributed by atoms with Crippen molar-refractivity contribution >= 4 is 0 Å². The summed E-state index contributed by atoms with van der Waals surface area (Å²) in [7, 11) is 0. The maximum atomic E-state index is 5.64. The molecule has 2 heterocycles. The number of piperidine rings is 1. The van der Waals surface area contributed by atoms with Crippen LogP contribution in [0.25, 0.3) is 0 Å². The fourth-order valence-corrected chi connectivity index (χ4v) is 3.13. The Labute approximate surface area is 109 Å². The van der Waals surface area contributed by atoms with E-state index in [1.54, 1.807) is 0 Å². The van der Waals surface area contributed by atoms with Gasteiger partial charge in [0.2, 0.25) is 0 Å². The van der Waals surface area contributed by atoms with Crippen LogP contribution in [0.2, 0.25) is 0 Å². The summed E-state index contributed by atoms with van der Waals surface area (Å²) in [5.74, 6) is 0. The van der Waals surface area contributed by atoms with Crippen molar-refractivity contribution in [3.63, 3.8) is 0 Å². The highest BCUT2D eigenvalue weighted by atomic mass is 16.5. The number of imidazole rings is 1. The van der Waals surface area contributed by atoms with Gasteiger partial charge in [-0.05, 0) is 39.2 Å². The van der Waals surface area contributed by atoms with E-state index in [1.165, 1.54) is 25.0 Å². The molecule has 1 aliphatic carbocycles. The average Bonchev–Trinajstić information content (AvgIpc) is 2.83. The predicted molar refractivity (Wildman–Crippen MR) is 70.5 cm³/mol. The Balaban J connectivity index is 1.65. The van der Waals surface area contributed by atoms with Crippen molar-refractivity contribution in [1.29, 1.82) is 0 Å². The summed E-state index contributed by atoms with van der Waals surface area (Å²) in [5.41, 5.74) is 1.37. The lowest BCUT2D eigenvalue weighted by molar-refractivity contribution is -0.0206. The first-order valence-electron chi connectivity index (χ1n) is 7.25. The second-order valence-electron chi connectivity index (χ2n) is 5.43. The van der Waals surface area contributed by atoms with E-state index < -0.39 is 0 Å². The van der Waals surface area contributed by atoms with E-state index in [-0.39, 0.29) is 0 Å². The summed E-state index contributed by atoms with van der Waals surface area (Å²) in [6, 6.07) is 1.11. The lowest BCUT2D eigenvalue weighted by atomic mass is 9.88. The number of nitrogens with one attached hydrogen (secondary N) is 1. The van der Waals surface area contributed by atoms with Gasteiger partial charge in [-0.1, -0.05) is 6.42 Å². The zero-order chi connectivity index (χ0) is 12.4. The Morgan fingerprint density at radius 2 is 2.33 bits per heavy atom. The van der Waals surface area contributed by atoms with E-state index in [1.807, 2.05) is 12.5 Å². The quantitative estimate of drug-likeness (QED) is 0.891. The van der Waals surface area contributed by atoms with Gasteiger partial charge in [-0.15, -0.1) is 0 Å². The second-order valence-corrected chi connectivity index (χ2v) is 5.43. The minimum Gasteiger partial charge on any atom is -0.378 e. The van der Waals surface area contributed by atoms with Crippen molar-refractivity contribution in [1.82, 2.24) is 14.9 Å². The van der Waals surface area contributed by atoms with Crippen LogP contribution in [0.4, 0.5) is 0 Å². The molecule has 1 aromatic heterocycles. The molecule has 2 aliphatic rings. The molecule has 1 aromatic rings. The van der Waals surface area contributed by atoms with Gasteiger partial charge in [-0.2, -0.15) is 0 Å². The molecule has 2 fully saturated rings. The summed E-state index contributed by atoms with van der Waals surface area (Å²) >= 11 is 0. The standard InChI is InChI=1S/C14H23N3O/c1-2-18-12-7-11(8-12)17-10-15-9-14(17)13-5-3-4-6-16-13/h9-13,16H,2-8H2,1H3. The molecule has 1 saturated heterocycles. The summed E-state index contributed by atoms with van der Waals surface area (Å²) in [6.45, 7) is 4.04. The van der Waals surface area contributed by atoms with Crippen LogP contribution in [0.15, 0.2) is 12.5 Å². The smallest absolute Gasteiger partial charge is 0.0951 e. The van der Waals surface area contributed by atoms with E-state index in [0.717, 1.165) is 26.0 Å². The van der Waals surface area contributed by atoms with Crippen LogP contribution in [-0.2, 0) is 4.74 Å². The van der Waals surface area contributed by atoms with Crippen molar-refractivity contribution in [2.75, 3.05) is 13.2 Å². The van der Waals surface area contributed by atoms with Crippen molar-refractivity contribution in [3.8, 4) is 0 Å². The fourth-order valence-electron chi connectivity index (χ4n) is 3.13. The molecule has 0 radical (unpaired) electrons. The summed E-state index contributed by atoms with van der Waals surface area (Å²) in [5, 5.41) is 3.61. The first-order valence-corrected chi connectivity index (χ1v) is 7.25. The maximum absolute atomic E-state index is 5.64. The first-order chi connectivity index (χ1) is 8.88. The number of aromatic nitrogens is 2. The molecule has 1 unspecified atom stereocenters. The van der Waals surface area contributed by atoms with Gasteiger partial charge in [0.05, 0.1) is 18.1 Å². The van der Waals surface area contributed by atoms with Crippen LogP contribution in [-0.4, -0.2) is 28.8 Å². The highest BCUT2D eigenvalue weighted by Gasteiger charge is 2.33. The van der Waals surface area contributed by atoms with E-state index in [9.17, 15) is 0 Å². The minimum atomic E-state index is 0.467. The molecule has 100 valence electrons. The average molecular weight is 249 g/mol. The van der Waals surface area contributed by atoms with Crippen molar-refractivity contribution in [2.45, 2.75) is 57.2 Å². The van der Waals surface area contributed by atoms with Gasteiger partial charge in [0.25, 0.3) is 0 Å². The topological polar surface area (TPSA) is 39.1 Å². The largest absolute Gasteiger partial charge is 0.378 e. The Morgan fingerprint density at radius 3 is 3.06 bits per heavy atom. The third-order valence-corrected chi connectivity index (χ3v) is 4.23. The molecule has 18 heavy (non-hydrogen) atoms. The van der Waals surface area contributed by atoms with E-state index in [4.69, 9.17) is 4.74 Å². The van der Waals surface area contributed by atoms with Gasteiger partial charge in [0, 0.05) is 24.9 Å². The van der Waals surface area contributed by atoms with Crippen molar-refractivity contribution in [3.05, 3.63) is 18.2 Å². The summed E-state index contributed by atoms with van der Waals surface area (Å²) < 4.78 is 8.02. The summed E-state index contributed by atoms with van der Waals surface area (Å²) in [4.78, 5) is 4.35. The Kier molecular flexibility index (Phi) is 3.66. The highest BCUT2D eigenvalue weighted by Crippen LogP contribution is 2.37. The van der Waals surface area contributed by atoms with Crippen LogP contribution in [0, 0.1) is 0 Å². The molecule has 3 rings (SSSR count). The number of hydrogen-bond acceptors (Lipinski definition) is 3. The molecule has 0 bridgehead atoms. The van der Waals surface area contributed by atoms with E-state index in [2.05, 4.69) is 21.8 Å². The normalized spacial score (nSPS) is 32.2. The van der Waals surface area contributed by atoms with E-state index >= 15 is 0 Å². The minimum absolute atomic E-state index is 0.467. The molecule has 1 N–H and O–H groups in total. The maximum Gasteiger partial charge on any atom is 0.0951 e. The predicted octanol–water partition coefficient (Wildman–Crippen LogP) is 2.44. The first kappa shape index (κ1) is 12.2. The van der Waals surface area contributed by atoms with Crippen LogP contribution in [0.5, 0.6) is 0 Å². The lowest BCUT2D eigenvalue weighted by Crippen LogP contribution is -2.36. The monoisotopic (exact) mass is 249 g/mol. The number of rotatable bonds is 4. The van der Waals surface area contributed by atoms with Gasteiger partial charge in [0.15, 0.2) is 0 Å². The van der Waals surface area contributed by atoms with Gasteiger partial charge in [-0.25, -0.2) is 4.98 Å². The van der Waals surface area contributed by atoms with Gasteiger partial charge in [-0.3, -0.25) is 0 Å². The molecule has 0 amide bonds. The molecular formula is C14H23N3O. The van der Waals surface area contributed by atoms with Crippen LogP contribution >= 0.6 is 0 Å². The molecule has 0 aromatic carbocycles. The number of nitrogens with zero attached hydrogens (tertiary/aromatic N) is 2. The van der Waals surface area contributed by atoms with Crippen LogP contribution < -0.4 is 5.32 Å². The SMILES string of the molecule is CCOC1CC(n2cncc2C2CCCCN2)C1. The third kappa shape index (κ3) is 2.31. The lowest BCUT2D eigenvalue weighted by Gasteiger charge is -2.38. The highest BCUT2D eigenvalue weighted by molar-refractivity contribution is 5.09. The number of ether oxygens (including phenoxy) is 1. The fraction of sp³-hybridized carbons (Fsp3) is 0.786. The zero-order valence-electron chi connectivity index (χ0n) is 11.1. The molecule has 4 nitrogen and oxygen atoms in total. The summed E-state index contributed by atoms with van der Waals surface area (Å²) in [6.07, 6.45) is 10.7. The molecule has 4 heteroatoms. The van der Waals surface area contributed by atoms with Crippen molar-refractivity contribution < 1.29 is 4.74 Å². The van der Waals surface area contributed by atoms with Crippen LogP contribution in [0.1, 0.15) is 56.8 Å². The van der Waals surface area contributed by atoms with E-state index in [0.29, 0.717) is 18.2 Å². The number of hydrogen-bond donors (Lipinski definition) is 1.